The predicted molar refractivity (Wildman–Crippen MR) is 48.5 cm³/mol. The third kappa shape index (κ3) is 2.00. The van der Waals surface area contributed by atoms with Gasteiger partial charge in [-0.1, -0.05) is 0 Å². The van der Waals surface area contributed by atoms with Crippen molar-refractivity contribution in [2.75, 3.05) is 13.1 Å². The number of aliphatic hydroxyl groups is 1. The quantitative estimate of drug-likeness (QED) is 0.620. The number of hydrogen-bond acceptors (Lipinski definition) is 3. The first kappa shape index (κ1) is 10.5. The van der Waals surface area contributed by atoms with Gasteiger partial charge in [0, 0.05) is 25.0 Å². The van der Waals surface area contributed by atoms with E-state index >= 15 is 0 Å². The zero-order valence-corrected chi connectivity index (χ0v) is 8.37. The highest BCUT2D eigenvalue weighted by atomic mass is 16.4. The van der Waals surface area contributed by atoms with Crippen molar-refractivity contribution in [1.82, 2.24) is 4.90 Å². The van der Waals surface area contributed by atoms with E-state index in [1.165, 1.54) is 0 Å². The fourth-order valence-corrected chi connectivity index (χ4v) is 1.54. The number of rotatable bonds is 1. The summed E-state index contributed by atoms with van der Waals surface area (Å²) in [6.07, 6.45) is 0.319. The van der Waals surface area contributed by atoms with Crippen LogP contribution in [-0.4, -0.2) is 45.3 Å². The Kier molecular flexibility index (Phi) is 2.38. The van der Waals surface area contributed by atoms with Gasteiger partial charge in [0.1, 0.15) is 0 Å². The van der Waals surface area contributed by atoms with Crippen molar-refractivity contribution >= 4 is 5.97 Å². The van der Waals surface area contributed by atoms with Gasteiger partial charge in [0.2, 0.25) is 0 Å². The third-order valence-corrected chi connectivity index (χ3v) is 2.59. The molecule has 13 heavy (non-hydrogen) atoms. The highest BCUT2D eigenvalue weighted by Gasteiger charge is 2.45. The molecule has 0 aliphatic carbocycles. The molecule has 0 aromatic rings. The Morgan fingerprint density at radius 2 is 2.00 bits per heavy atom. The van der Waals surface area contributed by atoms with Crippen LogP contribution >= 0.6 is 0 Å². The van der Waals surface area contributed by atoms with Gasteiger partial charge in [-0.2, -0.15) is 0 Å². The Bertz CT molecular complexity index is 221. The molecule has 0 aromatic heterocycles. The molecule has 1 aliphatic rings. The van der Waals surface area contributed by atoms with Gasteiger partial charge < -0.3 is 10.2 Å². The SMILES string of the molecule is CC(C)(C)N1CCC(O)(C(=O)O)C1. The molecule has 4 heteroatoms. The number of hydrogen-bond donors (Lipinski definition) is 2. The Balaban J connectivity index is 2.69. The molecule has 1 rings (SSSR count). The number of aliphatic carboxylic acids is 1. The van der Waals surface area contributed by atoms with Crippen LogP contribution in [0.25, 0.3) is 0 Å². The molecule has 1 atom stereocenters. The Labute approximate surface area is 78.2 Å². The van der Waals surface area contributed by atoms with Crippen molar-refractivity contribution in [1.29, 1.82) is 0 Å². The summed E-state index contributed by atoms with van der Waals surface area (Å²) < 4.78 is 0. The molecular formula is C9H17NO3. The van der Waals surface area contributed by atoms with E-state index in [1.807, 2.05) is 25.7 Å². The first-order valence-corrected chi connectivity index (χ1v) is 4.46. The normalized spacial score (nSPS) is 30.8. The van der Waals surface area contributed by atoms with Crippen LogP contribution in [0, 0.1) is 0 Å². The van der Waals surface area contributed by atoms with Crippen LogP contribution in [-0.2, 0) is 4.79 Å². The maximum Gasteiger partial charge on any atom is 0.337 e. The van der Waals surface area contributed by atoms with Gasteiger partial charge >= 0.3 is 5.97 Å². The maximum absolute atomic E-state index is 10.7. The average molecular weight is 187 g/mol. The lowest BCUT2D eigenvalue weighted by Crippen LogP contribution is -2.46. The summed E-state index contributed by atoms with van der Waals surface area (Å²) in [6.45, 7) is 6.92. The van der Waals surface area contributed by atoms with Crippen molar-refractivity contribution in [3.8, 4) is 0 Å². The molecule has 0 spiro atoms. The molecule has 0 aromatic carbocycles. The minimum absolute atomic E-state index is 0.0695. The monoisotopic (exact) mass is 187 g/mol. The second-order valence-corrected chi connectivity index (χ2v) is 4.68. The third-order valence-electron chi connectivity index (χ3n) is 2.59. The largest absolute Gasteiger partial charge is 0.479 e. The van der Waals surface area contributed by atoms with E-state index < -0.39 is 11.6 Å². The number of nitrogens with zero attached hydrogens (tertiary/aromatic N) is 1. The van der Waals surface area contributed by atoms with Crippen LogP contribution in [0.4, 0.5) is 0 Å². The van der Waals surface area contributed by atoms with Gasteiger partial charge in [-0.05, 0) is 20.8 Å². The molecule has 0 bridgehead atoms. The van der Waals surface area contributed by atoms with Gasteiger partial charge in [-0.3, -0.25) is 4.90 Å². The van der Waals surface area contributed by atoms with Crippen molar-refractivity contribution in [3.63, 3.8) is 0 Å². The van der Waals surface area contributed by atoms with Crippen LogP contribution in [0.15, 0.2) is 0 Å². The molecular weight excluding hydrogens is 170 g/mol. The van der Waals surface area contributed by atoms with E-state index in [1.54, 1.807) is 0 Å². The Morgan fingerprint density at radius 1 is 1.46 bits per heavy atom. The zero-order valence-electron chi connectivity index (χ0n) is 8.37. The minimum Gasteiger partial charge on any atom is -0.479 e. The summed E-state index contributed by atoms with van der Waals surface area (Å²) in [6, 6.07) is 0. The van der Waals surface area contributed by atoms with Gasteiger partial charge in [0.15, 0.2) is 5.60 Å². The molecule has 1 unspecified atom stereocenters. The Hall–Kier alpha value is -0.610. The molecule has 1 fully saturated rings. The van der Waals surface area contributed by atoms with Crippen LogP contribution < -0.4 is 0 Å². The Morgan fingerprint density at radius 3 is 2.23 bits per heavy atom. The molecule has 1 aliphatic heterocycles. The van der Waals surface area contributed by atoms with Crippen molar-refractivity contribution in [2.45, 2.75) is 38.3 Å². The second-order valence-electron chi connectivity index (χ2n) is 4.68. The van der Waals surface area contributed by atoms with Crippen LogP contribution in [0.3, 0.4) is 0 Å². The summed E-state index contributed by atoms with van der Waals surface area (Å²) in [7, 11) is 0. The molecule has 1 saturated heterocycles. The summed E-state index contributed by atoms with van der Waals surface area (Å²) in [5.74, 6) is -1.11. The molecule has 0 amide bonds. The molecule has 4 nitrogen and oxygen atoms in total. The van der Waals surface area contributed by atoms with Crippen molar-refractivity contribution in [2.24, 2.45) is 0 Å². The minimum atomic E-state index is -1.53. The predicted octanol–water partition coefficient (Wildman–Crippen LogP) is 0.306. The highest BCUT2D eigenvalue weighted by Crippen LogP contribution is 2.27. The van der Waals surface area contributed by atoms with Crippen LogP contribution in [0.2, 0.25) is 0 Å². The number of carboxylic acids is 1. The van der Waals surface area contributed by atoms with Gasteiger partial charge in [-0.15, -0.1) is 0 Å². The standard InChI is InChI=1S/C9H17NO3/c1-8(2,3)10-5-4-9(13,6-10)7(11)12/h13H,4-6H2,1-3H3,(H,11,12). The summed E-state index contributed by atoms with van der Waals surface area (Å²) in [5.41, 5.74) is -1.60. The fourth-order valence-electron chi connectivity index (χ4n) is 1.54. The molecule has 76 valence electrons. The lowest BCUT2D eigenvalue weighted by Gasteiger charge is -2.32. The zero-order chi connectivity index (χ0) is 10.3. The van der Waals surface area contributed by atoms with Crippen LogP contribution in [0.5, 0.6) is 0 Å². The second kappa shape index (κ2) is 2.96. The summed E-state index contributed by atoms with van der Waals surface area (Å²) in [4.78, 5) is 12.7. The van der Waals surface area contributed by atoms with Gasteiger partial charge in [-0.25, -0.2) is 4.79 Å². The van der Waals surface area contributed by atoms with E-state index in [-0.39, 0.29) is 12.1 Å². The van der Waals surface area contributed by atoms with E-state index in [0.717, 1.165) is 0 Å². The number of likely N-dealkylation sites (tertiary alicyclic amines) is 1. The van der Waals surface area contributed by atoms with E-state index in [9.17, 15) is 9.90 Å². The smallest absolute Gasteiger partial charge is 0.337 e. The maximum atomic E-state index is 10.7. The van der Waals surface area contributed by atoms with E-state index in [0.29, 0.717) is 13.0 Å². The van der Waals surface area contributed by atoms with Crippen molar-refractivity contribution in [3.05, 3.63) is 0 Å². The van der Waals surface area contributed by atoms with Gasteiger partial charge in [0.05, 0.1) is 0 Å². The molecule has 1 heterocycles. The lowest BCUT2D eigenvalue weighted by atomic mass is 10.0. The highest BCUT2D eigenvalue weighted by molar-refractivity contribution is 5.77. The number of carbonyl (C=O) groups is 1. The molecule has 2 N–H and O–H groups in total. The topological polar surface area (TPSA) is 60.8 Å². The fraction of sp³-hybridized carbons (Fsp3) is 0.889. The molecule has 0 radical (unpaired) electrons. The first-order valence-electron chi connectivity index (χ1n) is 4.46. The van der Waals surface area contributed by atoms with E-state index in [2.05, 4.69) is 0 Å². The van der Waals surface area contributed by atoms with Crippen LogP contribution in [0.1, 0.15) is 27.2 Å². The first-order chi connectivity index (χ1) is 5.76. The number of carboxylic acid groups (broad SMARTS) is 1. The van der Waals surface area contributed by atoms with Gasteiger partial charge in [0.25, 0.3) is 0 Å². The lowest BCUT2D eigenvalue weighted by molar-refractivity contribution is -0.157. The van der Waals surface area contributed by atoms with E-state index in [4.69, 9.17) is 5.11 Å². The summed E-state index contributed by atoms with van der Waals surface area (Å²) in [5, 5.41) is 18.4. The van der Waals surface area contributed by atoms with Crippen molar-refractivity contribution < 1.29 is 15.0 Å². The number of β-amino-alcohol motifs (C(OH)–C–C–N with tert-alkyl or cyclic N) is 1. The summed E-state index contributed by atoms with van der Waals surface area (Å²) >= 11 is 0. The molecule has 0 saturated carbocycles. The average Bonchev–Trinajstić information content (AvgIpc) is 2.31.